The molecule has 3 rings (SSSR count). The lowest BCUT2D eigenvalue weighted by atomic mass is 10.1. The number of fused-ring (bicyclic) bond motifs is 1. The number of halogens is 1. The molecular weight excluding hydrogens is 284 g/mol. The summed E-state index contributed by atoms with van der Waals surface area (Å²) in [4.78, 5) is 3.32. The van der Waals surface area contributed by atoms with Crippen LogP contribution in [0.1, 0.15) is 17.3 Å². The van der Waals surface area contributed by atoms with E-state index < -0.39 is 0 Å². The number of hydrogen-bond donors (Lipinski definition) is 3. The van der Waals surface area contributed by atoms with Crippen LogP contribution in [-0.4, -0.2) is 16.7 Å². The molecule has 21 heavy (non-hydrogen) atoms. The van der Waals surface area contributed by atoms with E-state index in [1.165, 1.54) is 0 Å². The fourth-order valence-electron chi connectivity index (χ4n) is 2.48. The lowest BCUT2D eigenvalue weighted by Crippen LogP contribution is -2.24. The van der Waals surface area contributed by atoms with Gasteiger partial charge in [0.05, 0.1) is 17.7 Å². The van der Waals surface area contributed by atoms with E-state index in [1.54, 1.807) is 0 Å². The summed E-state index contributed by atoms with van der Waals surface area (Å²) in [6, 6.07) is 17.8. The third-order valence-corrected chi connectivity index (χ3v) is 4.06. The molecule has 0 spiro atoms. The van der Waals surface area contributed by atoms with Crippen LogP contribution in [0, 0.1) is 0 Å². The molecule has 0 amide bonds. The summed E-state index contributed by atoms with van der Waals surface area (Å²) < 4.78 is 0. The lowest BCUT2D eigenvalue weighted by Gasteiger charge is -2.16. The number of aliphatic hydroxyl groups is 1. The Kier molecular flexibility index (Phi) is 4.25. The molecule has 0 saturated heterocycles. The molecule has 1 aromatic heterocycles. The van der Waals surface area contributed by atoms with Crippen molar-refractivity contribution in [2.75, 3.05) is 6.61 Å². The highest BCUT2D eigenvalue weighted by atomic mass is 35.5. The highest BCUT2D eigenvalue weighted by Gasteiger charge is 2.13. The zero-order valence-electron chi connectivity index (χ0n) is 11.5. The van der Waals surface area contributed by atoms with Gasteiger partial charge in [-0.25, -0.2) is 0 Å². The molecule has 3 N–H and O–H groups in total. The normalized spacial score (nSPS) is 12.7. The number of hydrogen-bond acceptors (Lipinski definition) is 2. The smallest absolute Gasteiger partial charge is 0.0705 e. The van der Waals surface area contributed by atoms with Crippen LogP contribution < -0.4 is 5.32 Å². The van der Waals surface area contributed by atoms with Crippen molar-refractivity contribution >= 4 is 22.5 Å². The first-order chi connectivity index (χ1) is 10.3. The quantitative estimate of drug-likeness (QED) is 0.673. The Balaban J connectivity index is 1.78. The molecule has 0 aliphatic heterocycles. The second kappa shape index (κ2) is 6.31. The Labute approximate surface area is 128 Å². The predicted molar refractivity (Wildman–Crippen MR) is 86.4 cm³/mol. The number of aliphatic hydroxyl groups excluding tert-OH is 1. The molecule has 3 aromatic rings. The number of benzene rings is 2. The molecule has 1 unspecified atom stereocenters. The van der Waals surface area contributed by atoms with Crippen LogP contribution in [0.15, 0.2) is 54.6 Å². The monoisotopic (exact) mass is 300 g/mol. The molecule has 0 fully saturated rings. The summed E-state index contributed by atoms with van der Waals surface area (Å²) >= 11 is 6.40. The molecule has 0 aliphatic carbocycles. The fraction of sp³-hybridized carbons (Fsp3) is 0.176. The third-order valence-electron chi connectivity index (χ3n) is 3.62. The third kappa shape index (κ3) is 2.95. The van der Waals surface area contributed by atoms with Gasteiger partial charge in [0, 0.05) is 23.1 Å². The van der Waals surface area contributed by atoms with Gasteiger partial charge in [-0.3, -0.25) is 0 Å². The average molecular weight is 301 g/mol. The zero-order valence-corrected chi connectivity index (χ0v) is 12.3. The van der Waals surface area contributed by atoms with E-state index in [4.69, 9.17) is 11.6 Å². The molecule has 1 atom stereocenters. The van der Waals surface area contributed by atoms with Gasteiger partial charge in [-0.1, -0.05) is 60.1 Å². The molecule has 4 heteroatoms. The lowest BCUT2D eigenvalue weighted by molar-refractivity contribution is 0.243. The number of aromatic nitrogens is 1. The first-order valence-electron chi connectivity index (χ1n) is 6.94. The standard InChI is InChI=1S/C17H17ClN2O/c18-17-13-8-4-5-9-14(13)20-15(17)10-19-16(11-21)12-6-2-1-3-7-12/h1-9,16,19-21H,10-11H2. The minimum atomic E-state index is -0.103. The van der Waals surface area contributed by atoms with Gasteiger partial charge >= 0.3 is 0 Å². The minimum Gasteiger partial charge on any atom is -0.394 e. The summed E-state index contributed by atoms with van der Waals surface area (Å²) in [6.07, 6.45) is 0. The molecule has 0 aliphatic rings. The van der Waals surface area contributed by atoms with Crippen molar-refractivity contribution in [1.82, 2.24) is 10.3 Å². The maximum Gasteiger partial charge on any atom is 0.0705 e. The highest BCUT2D eigenvalue weighted by molar-refractivity contribution is 6.36. The molecule has 2 aromatic carbocycles. The number of aromatic amines is 1. The van der Waals surface area contributed by atoms with Crippen LogP contribution >= 0.6 is 11.6 Å². The Bertz CT molecular complexity index is 724. The highest BCUT2D eigenvalue weighted by Crippen LogP contribution is 2.27. The van der Waals surface area contributed by atoms with Crippen LogP contribution in [0.25, 0.3) is 10.9 Å². The van der Waals surface area contributed by atoms with Gasteiger partial charge in [0.25, 0.3) is 0 Å². The van der Waals surface area contributed by atoms with E-state index in [0.717, 1.165) is 27.2 Å². The average Bonchev–Trinajstić information content (AvgIpc) is 2.86. The summed E-state index contributed by atoms with van der Waals surface area (Å²) in [6.45, 7) is 0.621. The molecule has 0 radical (unpaired) electrons. The van der Waals surface area contributed by atoms with E-state index in [9.17, 15) is 5.11 Å². The van der Waals surface area contributed by atoms with Gasteiger partial charge in [-0.15, -0.1) is 0 Å². The largest absolute Gasteiger partial charge is 0.394 e. The Morgan fingerprint density at radius 2 is 1.76 bits per heavy atom. The Morgan fingerprint density at radius 1 is 1.05 bits per heavy atom. The fourth-order valence-corrected chi connectivity index (χ4v) is 2.76. The first kappa shape index (κ1) is 14.1. The van der Waals surface area contributed by atoms with E-state index in [1.807, 2.05) is 54.6 Å². The van der Waals surface area contributed by atoms with Gasteiger partial charge < -0.3 is 15.4 Å². The van der Waals surface area contributed by atoms with Crippen molar-refractivity contribution in [1.29, 1.82) is 0 Å². The maximum atomic E-state index is 9.56. The number of H-pyrrole nitrogens is 1. The van der Waals surface area contributed by atoms with Crippen LogP contribution in [0.3, 0.4) is 0 Å². The van der Waals surface area contributed by atoms with Gasteiger partial charge in [0.2, 0.25) is 0 Å². The summed E-state index contributed by atoms with van der Waals surface area (Å²) in [5, 5.41) is 14.7. The summed E-state index contributed by atoms with van der Waals surface area (Å²) in [7, 11) is 0. The molecule has 108 valence electrons. The zero-order chi connectivity index (χ0) is 14.7. The molecular formula is C17H17ClN2O. The van der Waals surface area contributed by atoms with Crippen molar-refractivity contribution in [3.8, 4) is 0 Å². The van der Waals surface area contributed by atoms with E-state index >= 15 is 0 Å². The van der Waals surface area contributed by atoms with E-state index in [0.29, 0.717) is 6.54 Å². The Morgan fingerprint density at radius 3 is 2.48 bits per heavy atom. The van der Waals surface area contributed by atoms with Crippen molar-refractivity contribution in [3.63, 3.8) is 0 Å². The second-order valence-corrected chi connectivity index (χ2v) is 5.37. The van der Waals surface area contributed by atoms with E-state index in [2.05, 4.69) is 10.3 Å². The number of rotatable bonds is 5. The summed E-state index contributed by atoms with van der Waals surface area (Å²) in [5.41, 5.74) is 3.03. The van der Waals surface area contributed by atoms with Crippen molar-refractivity contribution in [2.45, 2.75) is 12.6 Å². The maximum absolute atomic E-state index is 9.56. The molecule has 1 heterocycles. The van der Waals surface area contributed by atoms with Crippen molar-refractivity contribution in [3.05, 3.63) is 70.9 Å². The van der Waals surface area contributed by atoms with Gasteiger partial charge in [0.1, 0.15) is 0 Å². The molecule has 0 saturated carbocycles. The predicted octanol–water partition coefficient (Wildman–Crippen LogP) is 3.64. The van der Waals surface area contributed by atoms with Crippen molar-refractivity contribution in [2.24, 2.45) is 0 Å². The van der Waals surface area contributed by atoms with E-state index in [-0.39, 0.29) is 12.6 Å². The van der Waals surface area contributed by atoms with Gasteiger partial charge in [-0.05, 0) is 11.6 Å². The second-order valence-electron chi connectivity index (χ2n) is 4.99. The minimum absolute atomic E-state index is 0.0435. The van der Waals surface area contributed by atoms with Gasteiger partial charge in [0.15, 0.2) is 0 Å². The van der Waals surface area contributed by atoms with Crippen LogP contribution in [0.2, 0.25) is 5.02 Å². The van der Waals surface area contributed by atoms with Gasteiger partial charge in [-0.2, -0.15) is 0 Å². The Hall–Kier alpha value is -1.81. The number of para-hydroxylation sites is 1. The first-order valence-corrected chi connectivity index (χ1v) is 7.31. The van der Waals surface area contributed by atoms with Crippen molar-refractivity contribution < 1.29 is 5.11 Å². The SMILES string of the molecule is OCC(NCc1[nH]c2ccccc2c1Cl)c1ccccc1. The summed E-state index contributed by atoms with van der Waals surface area (Å²) in [5.74, 6) is 0. The topological polar surface area (TPSA) is 48.0 Å². The van der Waals surface area contributed by atoms with Crippen LogP contribution in [0.5, 0.6) is 0 Å². The molecule has 0 bridgehead atoms. The van der Waals surface area contributed by atoms with Crippen LogP contribution in [0.4, 0.5) is 0 Å². The van der Waals surface area contributed by atoms with Crippen LogP contribution in [-0.2, 0) is 6.54 Å². The molecule has 3 nitrogen and oxygen atoms in total. The number of nitrogens with one attached hydrogen (secondary N) is 2.